The molecule has 0 spiro atoms. The Morgan fingerprint density at radius 1 is 0.567 bits per heavy atom. The van der Waals surface area contributed by atoms with Crippen LogP contribution in [-0.2, 0) is 12.3 Å². The Hall–Kier alpha value is 0.588. The van der Waals surface area contributed by atoms with Crippen molar-refractivity contribution in [2.75, 3.05) is 33.2 Å². The van der Waals surface area contributed by atoms with Gasteiger partial charge in [0.2, 0.25) is 0 Å². The van der Waals surface area contributed by atoms with Gasteiger partial charge in [-0.2, -0.15) is 0 Å². The lowest BCUT2D eigenvalue weighted by atomic mass is 10.5. The zero-order valence-corrected chi connectivity index (χ0v) is 24.9. The van der Waals surface area contributed by atoms with Gasteiger partial charge in [0.15, 0.2) is 25.0 Å². The van der Waals surface area contributed by atoms with Gasteiger partial charge >= 0.3 is 8.80 Å². The number of nitrogens with two attached hydrogens (primary N) is 3. The van der Waals surface area contributed by atoms with E-state index in [-0.39, 0.29) is 0 Å². The molecule has 0 fully saturated rings. The molecule has 0 aliphatic carbocycles. The first-order chi connectivity index (χ1) is 13.9. The molecule has 0 unspecified atom stereocenters. The lowest BCUT2D eigenvalue weighted by Crippen LogP contribution is -2.62. The molecule has 0 aromatic heterocycles. The fourth-order valence-electron chi connectivity index (χ4n) is 3.70. The van der Waals surface area contributed by atoms with Crippen molar-refractivity contribution < 1.29 is 12.3 Å². The Balaban J connectivity index is 5.84. The van der Waals surface area contributed by atoms with Crippen molar-refractivity contribution in [3.8, 4) is 0 Å². The highest BCUT2D eigenvalue weighted by Crippen LogP contribution is 2.33. The summed E-state index contributed by atoms with van der Waals surface area (Å²) < 4.78 is 21.1. The van der Waals surface area contributed by atoms with Gasteiger partial charge in [-0.25, -0.2) is 0 Å². The Kier molecular flexibility index (Phi) is 15.0. The van der Waals surface area contributed by atoms with Crippen molar-refractivity contribution >= 4 is 33.8 Å². The molecule has 0 saturated heterocycles. The highest BCUT2D eigenvalue weighted by Gasteiger charge is 2.51. The second kappa shape index (κ2) is 14.7. The maximum atomic E-state index is 7.06. The van der Waals surface area contributed by atoms with E-state index in [4.69, 9.17) is 29.5 Å². The molecule has 0 atom stereocenters. The van der Waals surface area contributed by atoms with Crippen LogP contribution in [0.25, 0.3) is 0 Å². The van der Waals surface area contributed by atoms with Gasteiger partial charge in [0.25, 0.3) is 0 Å². The molecule has 0 bridgehead atoms. The Morgan fingerprint density at radius 3 is 1.23 bits per heavy atom. The highest BCUT2D eigenvalue weighted by molar-refractivity contribution is 6.90. The van der Waals surface area contributed by atoms with Gasteiger partial charge in [-0.15, -0.1) is 0 Å². The van der Waals surface area contributed by atoms with E-state index in [1.165, 1.54) is 0 Å². The minimum absolute atomic E-state index is 0.627. The Bertz CT molecular complexity index is 435. The maximum Gasteiger partial charge on any atom is 0.469 e. The summed E-state index contributed by atoms with van der Waals surface area (Å²) in [6.07, 6.45) is 3.95. The van der Waals surface area contributed by atoms with Crippen LogP contribution in [0.15, 0.2) is 0 Å². The van der Waals surface area contributed by atoms with Gasteiger partial charge in [-0.3, -0.25) is 0 Å². The fraction of sp³-hybridized carbons (Fsp3) is 1.00. The van der Waals surface area contributed by atoms with Crippen LogP contribution in [0.1, 0.15) is 25.7 Å². The molecule has 0 saturated carbocycles. The van der Waals surface area contributed by atoms with Crippen molar-refractivity contribution in [2.45, 2.75) is 89.1 Å². The monoisotopic (exact) mass is 496 g/mol. The van der Waals surface area contributed by atoms with E-state index in [1.807, 2.05) is 7.05 Å². The smallest absolute Gasteiger partial charge is 0.417 e. The molecule has 0 aliphatic heterocycles. The average Bonchev–Trinajstić information content (AvgIpc) is 2.62. The molecule has 7 N–H and O–H groups in total. The third kappa shape index (κ3) is 13.9. The fourth-order valence-corrected chi connectivity index (χ4v) is 21.7. The van der Waals surface area contributed by atoms with Gasteiger partial charge in [0.05, 0.1) is 0 Å². The molecule has 182 valence electrons. The van der Waals surface area contributed by atoms with Gasteiger partial charge in [0.1, 0.15) is 0 Å². The first-order valence-corrected chi connectivity index (χ1v) is 23.0. The summed E-state index contributed by atoms with van der Waals surface area (Å²) in [5, 5.41) is 3.25. The number of hydrogen-bond donors (Lipinski definition) is 4. The van der Waals surface area contributed by atoms with Gasteiger partial charge in [-0.1, -0.05) is 0 Å². The van der Waals surface area contributed by atoms with Crippen molar-refractivity contribution in [3.63, 3.8) is 0 Å². The van der Waals surface area contributed by atoms with Gasteiger partial charge in [-0.05, 0) is 116 Å². The Labute approximate surface area is 190 Å². The van der Waals surface area contributed by atoms with Crippen molar-refractivity contribution in [2.24, 2.45) is 17.2 Å². The van der Waals surface area contributed by atoms with Crippen LogP contribution in [0, 0.1) is 0 Å². The Morgan fingerprint density at radius 2 is 0.900 bits per heavy atom. The summed E-state index contributed by atoms with van der Waals surface area (Å²) in [6.45, 7) is 16.8. The summed E-state index contributed by atoms with van der Waals surface area (Å²) in [6, 6.07) is 3.96. The second-order valence-corrected chi connectivity index (χ2v) is 26.5. The van der Waals surface area contributed by atoms with E-state index in [2.05, 4.69) is 44.6 Å². The average molecular weight is 497 g/mol. The standard InChI is InChI=1S/C19H52N4O3Si4/c1-23-15-11-18-29(6,7)26-30(19-10-14-22,24-27(2,3)16-8-12-20)25-28(4,5)17-9-13-21/h23H,8-22H2,1-7H3. The molecular formula is C19H52N4O3Si4. The summed E-state index contributed by atoms with van der Waals surface area (Å²) in [4.78, 5) is 0. The third-order valence-electron chi connectivity index (χ3n) is 5.15. The first-order valence-electron chi connectivity index (χ1n) is 11.7. The lowest BCUT2D eigenvalue weighted by Gasteiger charge is -2.45. The summed E-state index contributed by atoms with van der Waals surface area (Å²) in [5.41, 5.74) is 17.5. The molecule has 0 radical (unpaired) electrons. The number of nitrogens with one attached hydrogen (secondary N) is 1. The molecule has 0 aromatic rings. The minimum atomic E-state index is -2.88. The predicted octanol–water partition coefficient (Wildman–Crippen LogP) is 3.25. The van der Waals surface area contributed by atoms with Crippen LogP contribution >= 0.6 is 0 Å². The summed E-state index contributed by atoms with van der Waals surface area (Å²) in [7, 11) is -6.80. The molecule has 0 aromatic carbocycles. The van der Waals surface area contributed by atoms with E-state index in [1.54, 1.807) is 0 Å². The number of rotatable bonds is 19. The van der Waals surface area contributed by atoms with Gasteiger partial charge < -0.3 is 34.9 Å². The SMILES string of the molecule is CNCCC[Si](C)(C)O[Si](CCCN)(O[Si](C)(C)CCCN)O[Si](C)(C)CCCN. The van der Waals surface area contributed by atoms with Crippen LogP contribution in [0.5, 0.6) is 0 Å². The van der Waals surface area contributed by atoms with E-state index in [9.17, 15) is 0 Å². The second-order valence-electron chi connectivity index (χ2n) is 10.2. The van der Waals surface area contributed by atoms with E-state index < -0.39 is 33.8 Å². The van der Waals surface area contributed by atoms with Crippen molar-refractivity contribution in [3.05, 3.63) is 0 Å². The molecule has 0 aliphatic rings. The first kappa shape index (κ1) is 30.6. The topological polar surface area (TPSA) is 118 Å². The third-order valence-corrected chi connectivity index (χ3v) is 21.2. The molecule has 30 heavy (non-hydrogen) atoms. The quantitative estimate of drug-likeness (QED) is 0.160. The predicted molar refractivity (Wildman–Crippen MR) is 140 cm³/mol. The van der Waals surface area contributed by atoms with Crippen molar-refractivity contribution in [1.29, 1.82) is 0 Å². The zero-order chi connectivity index (χ0) is 23.3. The molecular weight excluding hydrogens is 445 g/mol. The van der Waals surface area contributed by atoms with Crippen LogP contribution in [0.4, 0.5) is 0 Å². The lowest BCUT2D eigenvalue weighted by molar-refractivity contribution is 0.245. The molecule has 11 heteroatoms. The van der Waals surface area contributed by atoms with E-state index >= 15 is 0 Å². The van der Waals surface area contributed by atoms with E-state index in [0.29, 0.717) is 19.6 Å². The normalized spacial score (nSPS) is 13.8. The van der Waals surface area contributed by atoms with Crippen LogP contribution in [0.2, 0.25) is 63.5 Å². The van der Waals surface area contributed by atoms with Crippen LogP contribution < -0.4 is 22.5 Å². The minimum Gasteiger partial charge on any atom is -0.417 e. The highest BCUT2D eigenvalue weighted by atomic mass is 28.5. The molecule has 0 rings (SSSR count). The summed E-state index contributed by atoms with van der Waals surface area (Å²) in [5.74, 6) is 0. The van der Waals surface area contributed by atoms with Crippen molar-refractivity contribution in [1.82, 2.24) is 5.32 Å². The molecule has 0 amide bonds. The molecule has 7 nitrogen and oxygen atoms in total. The van der Waals surface area contributed by atoms with Crippen LogP contribution in [0.3, 0.4) is 0 Å². The van der Waals surface area contributed by atoms with Crippen LogP contribution in [-0.4, -0.2) is 67.0 Å². The zero-order valence-electron chi connectivity index (χ0n) is 20.9. The maximum absolute atomic E-state index is 7.06. The summed E-state index contributed by atoms with van der Waals surface area (Å²) >= 11 is 0. The van der Waals surface area contributed by atoms with E-state index in [0.717, 1.165) is 56.4 Å². The largest absolute Gasteiger partial charge is 0.469 e. The van der Waals surface area contributed by atoms with Gasteiger partial charge in [0, 0.05) is 6.04 Å². The molecule has 0 heterocycles. The number of hydrogen-bond acceptors (Lipinski definition) is 7.